The van der Waals surface area contributed by atoms with Crippen molar-refractivity contribution in [1.29, 1.82) is 0 Å². The van der Waals surface area contributed by atoms with E-state index in [1.165, 1.54) is 28.4 Å². The smallest absolute Gasteiger partial charge is 0.487 e. The van der Waals surface area contributed by atoms with Gasteiger partial charge in [0.05, 0.1) is 24.5 Å². The summed E-state index contributed by atoms with van der Waals surface area (Å²) in [5, 5.41) is 22.4. The first-order valence-corrected chi connectivity index (χ1v) is 12.1. The lowest BCUT2D eigenvalue weighted by Gasteiger charge is -2.43. The molecule has 6 nitrogen and oxygen atoms in total. The van der Waals surface area contributed by atoms with Crippen LogP contribution in [0.25, 0.3) is 0 Å². The highest BCUT2D eigenvalue weighted by Gasteiger charge is 2.58. The molecule has 0 bridgehead atoms. The van der Waals surface area contributed by atoms with Gasteiger partial charge in [-0.25, -0.2) is 4.39 Å². The van der Waals surface area contributed by atoms with Crippen LogP contribution in [0.15, 0.2) is 46.8 Å². The Kier molecular flexibility index (Phi) is 5.67. The largest absolute Gasteiger partial charge is 0.505 e. The number of phenols is 1. The van der Waals surface area contributed by atoms with E-state index in [0.29, 0.717) is 23.9 Å². The molecule has 0 spiro atoms. The molecule has 1 aromatic heterocycles. The number of thiophene rings is 1. The summed E-state index contributed by atoms with van der Waals surface area (Å²) < 4.78 is 19.9. The van der Waals surface area contributed by atoms with Crippen molar-refractivity contribution >= 4 is 30.3 Å². The molecule has 0 unspecified atom stereocenters. The average Bonchev–Trinajstić information content (AvgIpc) is 3.37. The second-order valence-electron chi connectivity index (χ2n) is 9.34. The monoisotopic (exact) mass is 469 g/mol. The fourth-order valence-electron chi connectivity index (χ4n) is 5.62. The zero-order valence-electron chi connectivity index (χ0n) is 18.4. The van der Waals surface area contributed by atoms with Crippen LogP contribution in [0.2, 0.25) is 0 Å². The molecule has 33 heavy (non-hydrogen) atoms. The number of rotatable bonds is 4. The van der Waals surface area contributed by atoms with E-state index in [0.717, 1.165) is 10.5 Å². The fourth-order valence-corrected chi connectivity index (χ4v) is 6.31. The Labute approximate surface area is 195 Å². The Morgan fingerprint density at radius 2 is 2.03 bits per heavy atom. The maximum Gasteiger partial charge on any atom is 0.487 e. The lowest BCUT2D eigenvalue weighted by Crippen LogP contribution is -2.45. The van der Waals surface area contributed by atoms with Crippen LogP contribution in [0, 0.1) is 29.5 Å². The molecule has 1 aromatic carbocycles. The maximum atomic E-state index is 14.0. The molecule has 3 heterocycles. The lowest BCUT2D eigenvalue weighted by molar-refractivity contribution is -0.140. The van der Waals surface area contributed by atoms with Gasteiger partial charge in [-0.15, -0.1) is 11.3 Å². The summed E-state index contributed by atoms with van der Waals surface area (Å²) in [4.78, 5) is 29.2. The summed E-state index contributed by atoms with van der Waals surface area (Å²) in [7, 11) is -1.24. The van der Waals surface area contributed by atoms with Crippen molar-refractivity contribution in [2.75, 3.05) is 0 Å². The Hall–Kier alpha value is -2.49. The highest BCUT2D eigenvalue weighted by atomic mass is 32.1. The minimum Gasteiger partial charge on any atom is -0.505 e. The summed E-state index contributed by atoms with van der Waals surface area (Å²) in [6, 6.07) is 7.80. The summed E-state index contributed by atoms with van der Waals surface area (Å²) in [6.07, 6.45) is 0.114. The van der Waals surface area contributed by atoms with E-state index < -0.39 is 36.6 Å². The molecule has 2 N–H and O–H groups in total. The number of imide groups is 1. The summed E-state index contributed by atoms with van der Waals surface area (Å²) in [5.74, 6) is -2.95. The molecule has 2 aromatic rings. The van der Waals surface area contributed by atoms with Gasteiger partial charge >= 0.3 is 7.12 Å². The molecular weight excluding hydrogens is 444 g/mol. The molecule has 0 saturated carbocycles. The molecule has 5 rings (SSSR count). The van der Waals surface area contributed by atoms with E-state index in [-0.39, 0.29) is 30.2 Å². The van der Waals surface area contributed by atoms with Crippen molar-refractivity contribution in [3.05, 3.63) is 63.0 Å². The predicted octanol–water partition coefficient (Wildman–Crippen LogP) is 3.85. The standard InChI is InChI=1S/C24H25BFNO5S/c1-12(2)15-9-17-21(24(30)27(23(17)29)11-14-4-3-7-33-14)16-10-20(32-25(31)22(15)16)13-5-6-19(28)18(26)8-13/h3-8,12,16-17,20-21,28,31H,9-11H2,1-2H3/t16-,17-,20-,21+/m0/s1. The summed E-state index contributed by atoms with van der Waals surface area (Å²) in [5.41, 5.74) is 2.13. The van der Waals surface area contributed by atoms with Crippen LogP contribution >= 0.6 is 11.3 Å². The Bertz CT molecular complexity index is 1130. The van der Waals surface area contributed by atoms with Crippen LogP contribution in [0.4, 0.5) is 4.39 Å². The number of carbonyl (C=O) groups is 2. The van der Waals surface area contributed by atoms with E-state index in [1.54, 1.807) is 6.07 Å². The van der Waals surface area contributed by atoms with Crippen LogP contribution in [0.3, 0.4) is 0 Å². The van der Waals surface area contributed by atoms with Gasteiger partial charge in [-0.2, -0.15) is 0 Å². The second kappa shape index (κ2) is 8.38. The first kappa shape index (κ1) is 22.3. The van der Waals surface area contributed by atoms with E-state index in [2.05, 4.69) is 0 Å². The minimum absolute atomic E-state index is 0.0821. The zero-order valence-corrected chi connectivity index (χ0v) is 19.2. The minimum atomic E-state index is -1.24. The maximum absolute atomic E-state index is 14.0. The van der Waals surface area contributed by atoms with Gasteiger partial charge in [-0.3, -0.25) is 14.5 Å². The number of halogens is 1. The zero-order chi connectivity index (χ0) is 23.4. The van der Waals surface area contributed by atoms with Gasteiger partial charge in [0.25, 0.3) is 0 Å². The Morgan fingerprint density at radius 3 is 2.70 bits per heavy atom. The highest BCUT2D eigenvalue weighted by Crippen LogP contribution is 2.52. The predicted molar refractivity (Wildman–Crippen MR) is 121 cm³/mol. The van der Waals surface area contributed by atoms with E-state index >= 15 is 0 Å². The van der Waals surface area contributed by atoms with Gasteiger partial charge in [-0.05, 0) is 59.3 Å². The molecule has 172 valence electrons. The van der Waals surface area contributed by atoms with Gasteiger partial charge in [0, 0.05) is 4.88 Å². The van der Waals surface area contributed by atoms with Crippen molar-refractivity contribution in [1.82, 2.24) is 4.90 Å². The van der Waals surface area contributed by atoms with Crippen LogP contribution in [-0.2, 0) is 20.8 Å². The van der Waals surface area contributed by atoms with Gasteiger partial charge < -0.3 is 14.8 Å². The van der Waals surface area contributed by atoms with Crippen LogP contribution in [-0.4, -0.2) is 34.0 Å². The van der Waals surface area contributed by atoms with Crippen molar-refractivity contribution in [3.63, 3.8) is 0 Å². The number of amides is 2. The molecule has 9 heteroatoms. The van der Waals surface area contributed by atoms with Crippen LogP contribution in [0.5, 0.6) is 5.75 Å². The van der Waals surface area contributed by atoms with E-state index in [1.807, 2.05) is 31.4 Å². The van der Waals surface area contributed by atoms with Crippen molar-refractivity contribution in [3.8, 4) is 5.75 Å². The van der Waals surface area contributed by atoms with Gasteiger partial charge in [0.15, 0.2) is 11.6 Å². The number of fused-ring (bicyclic) bond motifs is 3. The van der Waals surface area contributed by atoms with Gasteiger partial charge in [0.1, 0.15) is 0 Å². The van der Waals surface area contributed by atoms with E-state index in [4.69, 9.17) is 4.65 Å². The SMILES string of the molecule is CC(C)C1=C2B(O)O[C@H](c3ccc(O)c(F)c3)C[C@H]2[C@H]2C(=O)N(Cc3cccs3)C(=O)[C@H]2C1. The van der Waals surface area contributed by atoms with Crippen molar-refractivity contribution in [2.24, 2.45) is 23.7 Å². The lowest BCUT2D eigenvalue weighted by atomic mass is 9.54. The van der Waals surface area contributed by atoms with E-state index in [9.17, 15) is 24.1 Å². The molecule has 2 saturated heterocycles. The molecule has 2 amide bonds. The number of allylic oxidation sites excluding steroid dienone is 2. The Morgan fingerprint density at radius 1 is 1.24 bits per heavy atom. The number of phenolic OH excluding ortho intramolecular Hbond substituents is 1. The van der Waals surface area contributed by atoms with Crippen LogP contribution in [0.1, 0.15) is 43.2 Å². The highest BCUT2D eigenvalue weighted by molar-refractivity contribution is 7.09. The number of hydrogen-bond acceptors (Lipinski definition) is 6. The number of aromatic hydroxyl groups is 1. The molecule has 3 aliphatic rings. The van der Waals surface area contributed by atoms with Gasteiger partial charge in [0.2, 0.25) is 11.8 Å². The first-order chi connectivity index (χ1) is 15.8. The first-order valence-electron chi connectivity index (χ1n) is 11.2. The third-order valence-corrected chi connectivity index (χ3v) is 8.03. The van der Waals surface area contributed by atoms with Gasteiger partial charge in [-0.1, -0.05) is 31.6 Å². The van der Waals surface area contributed by atoms with Crippen LogP contribution < -0.4 is 0 Å². The number of hydrogen-bond donors (Lipinski definition) is 2. The Balaban J connectivity index is 1.52. The summed E-state index contributed by atoms with van der Waals surface area (Å²) in [6.45, 7) is 4.28. The quantitative estimate of drug-likeness (QED) is 0.525. The van der Waals surface area contributed by atoms with Crippen molar-refractivity contribution < 1.29 is 28.8 Å². The number of likely N-dealkylation sites (tertiary alicyclic amines) is 1. The molecule has 0 radical (unpaired) electrons. The molecule has 2 fully saturated rings. The number of carbonyl (C=O) groups excluding carboxylic acids is 2. The molecule has 2 aliphatic heterocycles. The molecular formula is C24H25BFNO5S. The topological polar surface area (TPSA) is 87.1 Å². The third kappa shape index (κ3) is 3.72. The normalized spacial score (nSPS) is 27.4. The number of benzene rings is 1. The summed E-state index contributed by atoms with van der Waals surface area (Å²) >= 11 is 1.50. The molecule has 1 aliphatic carbocycles. The second-order valence-corrected chi connectivity index (χ2v) is 10.4. The van der Waals surface area contributed by atoms with Crippen molar-refractivity contribution in [2.45, 2.75) is 39.3 Å². The third-order valence-electron chi connectivity index (χ3n) is 7.17. The number of nitrogens with zero attached hydrogens (tertiary/aromatic N) is 1. The average molecular weight is 469 g/mol. The fraction of sp³-hybridized carbons (Fsp3) is 0.417. The molecule has 4 atom stereocenters.